The maximum atomic E-state index is 13.1. The smallest absolute Gasteiger partial charge is 0.140 e. The lowest BCUT2D eigenvalue weighted by molar-refractivity contribution is 0.299. The highest BCUT2D eigenvalue weighted by Gasteiger charge is 2.14. The minimum absolute atomic E-state index is 0.296. The van der Waals surface area contributed by atoms with Crippen LogP contribution in [0, 0.1) is 5.82 Å². The topological polar surface area (TPSA) is 26.0 Å². The van der Waals surface area contributed by atoms with E-state index < -0.39 is 18.0 Å². The number of hydrogen-bond acceptors (Lipinski definition) is 1. The van der Waals surface area contributed by atoms with Gasteiger partial charge < -0.3 is 5.73 Å². The standard InChI is InChI=1S/C9H11F2N/c1-6(12)9(11)7-3-2-4-8(10)5-7/h2-6,9H,12H2,1H3. The number of alkyl halides is 1. The van der Waals surface area contributed by atoms with Crippen molar-refractivity contribution in [2.24, 2.45) is 5.73 Å². The van der Waals surface area contributed by atoms with E-state index in [0.29, 0.717) is 5.56 Å². The van der Waals surface area contributed by atoms with E-state index in [-0.39, 0.29) is 0 Å². The van der Waals surface area contributed by atoms with Crippen molar-refractivity contribution in [1.82, 2.24) is 0 Å². The summed E-state index contributed by atoms with van der Waals surface area (Å²) in [7, 11) is 0. The first-order valence-corrected chi connectivity index (χ1v) is 3.76. The molecular formula is C9H11F2N. The van der Waals surface area contributed by atoms with Crippen molar-refractivity contribution in [2.75, 3.05) is 0 Å². The zero-order valence-electron chi connectivity index (χ0n) is 6.80. The van der Waals surface area contributed by atoms with Gasteiger partial charge in [-0.1, -0.05) is 12.1 Å². The highest BCUT2D eigenvalue weighted by atomic mass is 19.1. The molecule has 1 aromatic carbocycles. The molecule has 0 bridgehead atoms. The van der Waals surface area contributed by atoms with Crippen LogP contribution in [0.5, 0.6) is 0 Å². The van der Waals surface area contributed by atoms with Crippen LogP contribution in [0.4, 0.5) is 8.78 Å². The Morgan fingerprint density at radius 2 is 2.08 bits per heavy atom. The van der Waals surface area contributed by atoms with Crippen molar-refractivity contribution in [3.63, 3.8) is 0 Å². The highest BCUT2D eigenvalue weighted by Crippen LogP contribution is 2.20. The van der Waals surface area contributed by atoms with Gasteiger partial charge in [0.15, 0.2) is 0 Å². The Bertz CT molecular complexity index is 260. The molecule has 1 aromatic rings. The van der Waals surface area contributed by atoms with Crippen LogP contribution in [-0.4, -0.2) is 6.04 Å². The van der Waals surface area contributed by atoms with Crippen LogP contribution in [0.2, 0.25) is 0 Å². The van der Waals surface area contributed by atoms with Crippen LogP contribution >= 0.6 is 0 Å². The molecule has 2 unspecified atom stereocenters. The van der Waals surface area contributed by atoms with Crippen LogP contribution < -0.4 is 5.73 Å². The van der Waals surface area contributed by atoms with Crippen LogP contribution in [0.15, 0.2) is 24.3 Å². The zero-order chi connectivity index (χ0) is 9.14. The van der Waals surface area contributed by atoms with E-state index in [1.807, 2.05) is 0 Å². The minimum atomic E-state index is -1.29. The van der Waals surface area contributed by atoms with Crippen molar-refractivity contribution in [3.05, 3.63) is 35.6 Å². The van der Waals surface area contributed by atoms with E-state index in [2.05, 4.69) is 0 Å². The van der Waals surface area contributed by atoms with Gasteiger partial charge in [0.2, 0.25) is 0 Å². The minimum Gasteiger partial charge on any atom is -0.325 e. The molecule has 1 rings (SSSR count). The number of rotatable bonds is 2. The normalized spacial score (nSPS) is 15.7. The summed E-state index contributed by atoms with van der Waals surface area (Å²) < 4.78 is 25.7. The Labute approximate surface area is 70.2 Å². The molecule has 0 saturated carbocycles. The molecule has 2 atom stereocenters. The first-order chi connectivity index (χ1) is 5.61. The van der Waals surface area contributed by atoms with Gasteiger partial charge in [0.1, 0.15) is 12.0 Å². The van der Waals surface area contributed by atoms with Crippen molar-refractivity contribution < 1.29 is 8.78 Å². The van der Waals surface area contributed by atoms with Gasteiger partial charge in [0, 0.05) is 6.04 Å². The molecule has 2 N–H and O–H groups in total. The summed E-state index contributed by atoms with van der Waals surface area (Å²) in [6.07, 6.45) is -1.29. The van der Waals surface area contributed by atoms with Crippen LogP contribution in [-0.2, 0) is 0 Å². The summed E-state index contributed by atoms with van der Waals surface area (Å²) in [5.41, 5.74) is 5.62. The highest BCUT2D eigenvalue weighted by molar-refractivity contribution is 5.19. The Kier molecular flexibility index (Phi) is 2.76. The summed E-state index contributed by atoms with van der Waals surface area (Å²) in [6.45, 7) is 1.55. The molecule has 0 heterocycles. The maximum Gasteiger partial charge on any atom is 0.140 e. The number of halogens is 2. The first kappa shape index (κ1) is 9.13. The quantitative estimate of drug-likeness (QED) is 0.725. The van der Waals surface area contributed by atoms with Gasteiger partial charge in [-0.2, -0.15) is 0 Å². The van der Waals surface area contributed by atoms with E-state index in [9.17, 15) is 8.78 Å². The summed E-state index contributed by atoms with van der Waals surface area (Å²) in [5.74, 6) is -0.434. The first-order valence-electron chi connectivity index (χ1n) is 3.76. The molecule has 0 radical (unpaired) electrons. The molecule has 0 amide bonds. The lowest BCUT2D eigenvalue weighted by Crippen LogP contribution is -2.21. The zero-order valence-corrected chi connectivity index (χ0v) is 6.80. The lowest BCUT2D eigenvalue weighted by atomic mass is 10.1. The Hall–Kier alpha value is -0.960. The van der Waals surface area contributed by atoms with Gasteiger partial charge in [-0.25, -0.2) is 8.78 Å². The average Bonchev–Trinajstić information content (AvgIpc) is 2.03. The fourth-order valence-corrected chi connectivity index (χ4v) is 0.982. The predicted octanol–water partition coefficient (Wildman–Crippen LogP) is 2.18. The molecule has 0 aromatic heterocycles. The molecule has 0 aliphatic carbocycles. The van der Waals surface area contributed by atoms with E-state index in [0.717, 1.165) is 6.07 Å². The maximum absolute atomic E-state index is 13.1. The summed E-state index contributed by atoms with van der Waals surface area (Å²) in [4.78, 5) is 0. The second-order valence-electron chi connectivity index (χ2n) is 2.82. The monoisotopic (exact) mass is 171 g/mol. The van der Waals surface area contributed by atoms with Crippen LogP contribution in [0.1, 0.15) is 18.7 Å². The molecule has 0 spiro atoms. The van der Waals surface area contributed by atoms with Gasteiger partial charge >= 0.3 is 0 Å². The van der Waals surface area contributed by atoms with E-state index in [1.165, 1.54) is 18.2 Å². The van der Waals surface area contributed by atoms with Gasteiger partial charge in [-0.05, 0) is 24.6 Å². The third kappa shape index (κ3) is 2.01. The number of benzene rings is 1. The third-order valence-corrected chi connectivity index (χ3v) is 1.63. The van der Waals surface area contributed by atoms with Crippen molar-refractivity contribution in [1.29, 1.82) is 0 Å². The predicted molar refractivity (Wildman–Crippen MR) is 43.9 cm³/mol. The average molecular weight is 171 g/mol. The molecule has 66 valence electrons. The summed E-state index contributed by atoms with van der Waals surface area (Å²) in [6, 6.07) is 4.83. The molecule has 0 fully saturated rings. The van der Waals surface area contributed by atoms with E-state index in [4.69, 9.17) is 5.73 Å². The van der Waals surface area contributed by atoms with Gasteiger partial charge in [0.25, 0.3) is 0 Å². The summed E-state index contributed by atoms with van der Waals surface area (Å²) in [5, 5.41) is 0. The van der Waals surface area contributed by atoms with Crippen LogP contribution in [0.3, 0.4) is 0 Å². The SMILES string of the molecule is CC(N)C(F)c1cccc(F)c1. The van der Waals surface area contributed by atoms with E-state index in [1.54, 1.807) is 6.92 Å². The second kappa shape index (κ2) is 3.63. The van der Waals surface area contributed by atoms with Gasteiger partial charge in [-0.15, -0.1) is 0 Å². The number of hydrogen-bond donors (Lipinski definition) is 1. The fourth-order valence-electron chi connectivity index (χ4n) is 0.982. The summed E-state index contributed by atoms with van der Waals surface area (Å²) >= 11 is 0. The Morgan fingerprint density at radius 1 is 1.42 bits per heavy atom. The largest absolute Gasteiger partial charge is 0.325 e. The van der Waals surface area contributed by atoms with E-state index >= 15 is 0 Å². The van der Waals surface area contributed by atoms with Crippen molar-refractivity contribution in [3.8, 4) is 0 Å². The second-order valence-corrected chi connectivity index (χ2v) is 2.82. The molecular weight excluding hydrogens is 160 g/mol. The molecule has 0 aliphatic heterocycles. The number of nitrogens with two attached hydrogens (primary N) is 1. The third-order valence-electron chi connectivity index (χ3n) is 1.63. The molecule has 0 saturated heterocycles. The molecule has 1 nitrogen and oxygen atoms in total. The van der Waals surface area contributed by atoms with Crippen molar-refractivity contribution in [2.45, 2.75) is 19.1 Å². The van der Waals surface area contributed by atoms with Crippen molar-refractivity contribution >= 4 is 0 Å². The van der Waals surface area contributed by atoms with Gasteiger partial charge in [-0.3, -0.25) is 0 Å². The van der Waals surface area contributed by atoms with Gasteiger partial charge in [0.05, 0.1) is 0 Å². The molecule has 3 heteroatoms. The lowest BCUT2D eigenvalue weighted by Gasteiger charge is -2.11. The Balaban J connectivity index is 2.88. The molecule has 12 heavy (non-hydrogen) atoms. The molecule has 0 aliphatic rings. The van der Waals surface area contributed by atoms with Crippen LogP contribution in [0.25, 0.3) is 0 Å². The Morgan fingerprint density at radius 3 is 2.58 bits per heavy atom. The fraction of sp³-hybridized carbons (Fsp3) is 0.333.